The second-order valence-electron chi connectivity index (χ2n) is 9.26. The van der Waals surface area contributed by atoms with Crippen LogP contribution in [0.2, 0.25) is 0 Å². The number of fused-ring (bicyclic) bond motifs is 9. The van der Waals surface area contributed by atoms with E-state index in [-0.39, 0.29) is 39.5 Å². The molecule has 3 heterocycles. The summed E-state index contributed by atoms with van der Waals surface area (Å²) in [5, 5.41) is 11.8. The quantitative estimate of drug-likeness (QED) is 0.447. The van der Waals surface area contributed by atoms with Crippen molar-refractivity contribution in [1.29, 1.82) is 0 Å². The lowest BCUT2D eigenvalue weighted by molar-refractivity contribution is -0.154. The molecule has 1 N–H and O–H groups in total. The predicted molar refractivity (Wildman–Crippen MR) is 123 cm³/mol. The van der Waals surface area contributed by atoms with Crippen LogP contribution in [0.1, 0.15) is 22.8 Å². The van der Waals surface area contributed by atoms with E-state index in [1.807, 2.05) is 42.5 Å². The Morgan fingerprint density at radius 3 is 2.36 bits per heavy atom. The first-order valence-electron chi connectivity index (χ1n) is 11.1. The van der Waals surface area contributed by atoms with Crippen LogP contribution >= 0.6 is 23.1 Å². The van der Waals surface area contributed by atoms with Crippen molar-refractivity contribution in [2.45, 2.75) is 22.6 Å². The Hall–Kier alpha value is -2.84. The fourth-order valence-corrected chi connectivity index (χ4v) is 9.93. The normalized spacial score (nSPS) is 33.5. The van der Waals surface area contributed by atoms with E-state index in [1.54, 1.807) is 28.5 Å². The number of rotatable bonds is 2. The molecule has 0 unspecified atom stereocenters. The molecule has 4 aliphatic rings. The summed E-state index contributed by atoms with van der Waals surface area (Å²) in [7, 11) is 0. The number of cyclic esters (lactones) is 2. The molecule has 2 aliphatic heterocycles. The van der Waals surface area contributed by atoms with E-state index in [0.29, 0.717) is 0 Å². The maximum atomic E-state index is 13.2. The van der Waals surface area contributed by atoms with Gasteiger partial charge in [-0.3, -0.25) is 19.0 Å². The smallest absolute Gasteiger partial charge is 0.317 e. The van der Waals surface area contributed by atoms with Gasteiger partial charge < -0.3 is 9.84 Å². The van der Waals surface area contributed by atoms with Gasteiger partial charge in [0.25, 0.3) is 0 Å². The Kier molecular flexibility index (Phi) is 4.06. The molecule has 1 aromatic heterocycles. The SMILES string of the molecule is O=C1OC(=O)[C@@H]2[C@H]3C[C@H]([C@@H]12)[C@@H]1[C@H](c2ccccc2O)c2sc(=O)n(-c4ccccc4)c2S[C@@H]31. The molecule has 2 bridgehead atoms. The van der Waals surface area contributed by atoms with Crippen molar-refractivity contribution >= 4 is 35.0 Å². The summed E-state index contributed by atoms with van der Waals surface area (Å²) in [6, 6.07) is 16.8. The van der Waals surface area contributed by atoms with Crippen LogP contribution in [-0.2, 0) is 14.3 Å². The van der Waals surface area contributed by atoms with E-state index in [4.69, 9.17) is 4.74 Å². The predicted octanol–water partition coefficient (Wildman–Crippen LogP) is 3.79. The topological polar surface area (TPSA) is 85.6 Å². The lowest BCUT2D eigenvalue weighted by Crippen LogP contribution is -2.43. The van der Waals surface area contributed by atoms with Crippen molar-refractivity contribution in [3.05, 3.63) is 74.7 Å². The standard InChI is InChI=1S/C25H19NO5S2/c27-15-9-5-4-8-12(15)16-17-13-10-14(19-18(13)23(28)31-24(19)29)20(17)32-22-21(16)33-25(30)26(22)11-6-2-1-3-7-11/h1-9,13-14,16-20,27H,10H2/t13-,14+,16-,17+,18+,19+,20-/m0/s1. The second kappa shape index (κ2) is 6.84. The van der Waals surface area contributed by atoms with Gasteiger partial charge in [-0.2, -0.15) is 0 Å². The van der Waals surface area contributed by atoms with Crippen molar-refractivity contribution in [2.75, 3.05) is 0 Å². The fraction of sp³-hybridized carbons (Fsp3) is 0.320. The highest BCUT2D eigenvalue weighted by Gasteiger charge is 2.69. The van der Waals surface area contributed by atoms with Crippen molar-refractivity contribution < 1.29 is 19.4 Å². The maximum Gasteiger partial charge on any atom is 0.317 e. The number of phenols is 1. The molecule has 1 saturated heterocycles. The zero-order chi connectivity index (χ0) is 22.4. The molecule has 7 rings (SSSR count). The highest BCUT2D eigenvalue weighted by atomic mass is 32.2. The van der Waals surface area contributed by atoms with Gasteiger partial charge in [-0.1, -0.05) is 47.7 Å². The van der Waals surface area contributed by atoms with Crippen LogP contribution < -0.4 is 4.87 Å². The molecular weight excluding hydrogens is 458 g/mol. The van der Waals surface area contributed by atoms with Crippen LogP contribution in [0.15, 0.2) is 64.4 Å². The third-order valence-corrected chi connectivity index (χ3v) is 10.6. The van der Waals surface area contributed by atoms with Crippen molar-refractivity contribution in [1.82, 2.24) is 4.57 Å². The van der Waals surface area contributed by atoms with Gasteiger partial charge in [0.1, 0.15) is 5.75 Å². The third-order valence-electron chi connectivity index (χ3n) is 7.89. The van der Waals surface area contributed by atoms with E-state index >= 15 is 0 Å². The Labute approximate surface area is 197 Å². The number of hydrogen-bond donors (Lipinski definition) is 1. The van der Waals surface area contributed by atoms with Gasteiger partial charge in [0.05, 0.1) is 22.5 Å². The molecule has 166 valence electrons. The zero-order valence-corrected chi connectivity index (χ0v) is 18.9. The summed E-state index contributed by atoms with van der Waals surface area (Å²) < 4.78 is 6.82. The monoisotopic (exact) mass is 477 g/mol. The van der Waals surface area contributed by atoms with E-state index in [1.165, 1.54) is 11.3 Å². The van der Waals surface area contributed by atoms with Crippen LogP contribution in [0, 0.1) is 29.6 Å². The summed E-state index contributed by atoms with van der Waals surface area (Å²) in [4.78, 5) is 39.2. The van der Waals surface area contributed by atoms with Crippen molar-refractivity contribution in [3.8, 4) is 11.4 Å². The lowest BCUT2D eigenvalue weighted by Gasteiger charge is -2.43. The number of aromatic nitrogens is 1. The van der Waals surface area contributed by atoms with Crippen LogP contribution in [-0.4, -0.2) is 26.9 Å². The fourth-order valence-electron chi connectivity index (χ4n) is 6.77. The third kappa shape index (κ3) is 2.53. The first-order valence-corrected chi connectivity index (χ1v) is 12.8. The Bertz CT molecular complexity index is 1380. The number of carbonyl (C=O) groups is 2. The van der Waals surface area contributed by atoms with Crippen molar-refractivity contribution in [3.63, 3.8) is 0 Å². The molecule has 0 amide bonds. The van der Waals surface area contributed by atoms with Crippen LogP contribution in [0.5, 0.6) is 5.75 Å². The first kappa shape index (κ1) is 19.6. The van der Waals surface area contributed by atoms with Crippen LogP contribution in [0.3, 0.4) is 0 Å². The minimum Gasteiger partial charge on any atom is -0.508 e. The van der Waals surface area contributed by atoms with E-state index < -0.39 is 23.8 Å². The molecule has 7 atom stereocenters. The minimum absolute atomic E-state index is 0.00316. The number of thiazole rings is 1. The highest BCUT2D eigenvalue weighted by Crippen LogP contribution is 2.69. The zero-order valence-electron chi connectivity index (χ0n) is 17.3. The van der Waals surface area contributed by atoms with Gasteiger partial charge in [-0.05, 0) is 42.4 Å². The summed E-state index contributed by atoms with van der Waals surface area (Å²) in [6.45, 7) is 0. The Morgan fingerprint density at radius 2 is 1.61 bits per heavy atom. The van der Waals surface area contributed by atoms with E-state index in [2.05, 4.69) is 0 Å². The largest absolute Gasteiger partial charge is 0.508 e. The first-order chi connectivity index (χ1) is 16.0. The average Bonchev–Trinajstić information content (AvgIpc) is 3.53. The molecular formula is C25H19NO5S2. The molecule has 8 heteroatoms. The number of para-hydroxylation sites is 2. The van der Waals surface area contributed by atoms with Gasteiger partial charge in [-0.25, -0.2) is 0 Å². The van der Waals surface area contributed by atoms with Crippen LogP contribution in [0.4, 0.5) is 0 Å². The van der Waals surface area contributed by atoms with Gasteiger partial charge >= 0.3 is 16.8 Å². The summed E-state index contributed by atoms with van der Waals surface area (Å²) in [5.74, 6) is -1.56. The number of aromatic hydroxyl groups is 1. The van der Waals surface area contributed by atoms with Gasteiger partial charge in [-0.15, -0.1) is 11.8 Å². The number of nitrogens with zero attached hydrogens (tertiary/aromatic N) is 1. The molecule has 3 aromatic rings. The summed E-state index contributed by atoms with van der Waals surface area (Å²) >= 11 is 2.88. The van der Waals surface area contributed by atoms with Gasteiger partial charge in [0.15, 0.2) is 0 Å². The number of hydrogen-bond acceptors (Lipinski definition) is 7. The lowest BCUT2D eigenvalue weighted by atomic mass is 9.68. The number of phenolic OH excluding ortho intramolecular Hbond substituents is 1. The number of benzene rings is 2. The van der Waals surface area contributed by atoms with Gasteiger partial charge in [0, 0.05) is 21.6 Å². The molecule has 0 radical (unpaired) electrons. The molecule has 33 heavy (non-hydrogen) atoms. The number of ether oxygens (including phenoxy) is 1. The maximum absolute atomic E-state index is 13.2. The molecule has 6 nitrogen and oxygen atoms in total. The summed E-state index contributed by atoms with van der Waals surface area (Å²) in [6.07, 6.45) is 0.799. The summed E-state index contributed by atoms with van der Waals surface area (Å²) in [5.41, 5.74) is 1.58. The molecule has 2 saturated carbocycles. The highest BCUT2D eigenvalue weighted by molar-refractivity contribution is 8.00. The molecule has 2 aromatic carbocycles. The van der Waals surface area contributed by atoms with E-state index in [9.17, 15) is 19.5 Å². The van der Waals surface area contributed by atoms with E-state index in [0.717, 1.165) is 27.6 Å². The molecule has 3 fully saturated rings. The Balaban J connectivity index is 1.45. The molecule has 0 spiro atoms. The second-order valence-corrected chi connectivity index (χ2v) is 11.4. The van der Waals surface area contributed by atoms with Gasteiger partial charge in [0.2, 0.25) is 0 Å². The Morgan fingerprint density at radius 1 is 0.909 bits per heavy atom. The van der Waals surface area contributed by atoms with Crippen molar-refractivity contribution in [2.24, 2.45) is 29.6 Å². The average molecular weight is 478 g/mol. The minimum atomic E-state index is -0.410. The number of esters is 2. The number of thioether (sulfide) groups is 1. The number of carbonyl (C=O) groups excluding carboxylic acids is 2. The molecule has 2 aliphatic carbocycles. The van der Waals surface area contributed by atoms with Crippen LogP contribution in [0.25, 0.3) is 5.69 Å².